The van der Waals surface area contributed by atoms with Crippen molar-refractivity contribution in [3.63, 3.8) is 0 Å². The first kappa shape index (κ1) is 16.7. The molecule has 2 aromatic carbocycles. The van der Waals surface area contributed by atoms with E-state index in [1.165, 1.54) is 33.7 Å². The number of hydrogen-bond donors (Lipinski definition) is 1. The number of phenolic OH excluding ortho intramolecular Hbond substituents is 1. The molecule has 0 aliphatic heterocycles. The van der Waals surface area contributed by atoms with Gasteiger partial charge >= 0.3 is 0 Å². The van der Waals surface area contributed by atoms with E-state index in [0.717, 1.165) is 0 Å². The minimum atomic E-state index is -0.336. The Hall–Kier alpha value is -3.15. The van der Waals surface area contributed by atoms with Crippen molar-refractivity contribution in [1.82, 2.24) is 0 Å². The normalized spacial score (nSPS) is 10.7. The summed E-state index contributed by atoms with van der Waals surface area (Å²) in [5.41, 5.74) is 1.52. The Bertz CT molecular complexity index is 1000. The van der Waals surface area contributed by atoms with Gasteiger partial charge in [-0.25, -0.2) is 0 Å². The zero-order valence-corrected chi connectivity index (χ0v) is 14.4. The molecule has 130 valence electrons. The average molecular weight is 342 g/mol. The molecule has 3 aromatic rings. The summed E-state index contributed by atoms with van der Waals surface area (Å²) < 4.78 is 21.3. The van der Waals surface area contributed by atoms with Gasteiger partial charge in [0.05, 0.1) is 26.9 Å². The van der Waals surface area contributed by atoms with Crippen molar-refractivity contribution in [2.75, 3.05) is 21.3 Å². The van der Waals surface area contributed by atoms with Gasteiger partial charge in [-0.05, 0) is 24.6 Å². The standard InChI is InChI=1S/C19H18O6/c1-10-15(23-3)8-13(20)17-18(21)12(9-25-19(10)17)11-5-6-14(22-2)16(7-11)24-4/h5-9,20H,1-4H3. The molecule has 0 unspecified atom stereocenters. The summed E-state index contributed by atoms with van der Waals surface area (Å²) in [5, 5.41) is 10.4. The first-order valence-electron chi connectivity index (χ1n) is 7.56. The van der Waals surface area contributed by atoms with Crippen molar-refractivity contribution in [2.45, 2.75) is 6.92 Å². The van der Waals surface area contributed by atoms with Gasteiger partial charge in [0, 0.05) is 11.6 Å². The number of rotatable bonds is 4. The van der Waals surface area contributed by atoms with Gasteiger partial charge in [-0.2, -0.15) is 0 Å². The highest BCUT2D eigenvalue weighted by Gasteiger charge is 2.18. The van der Waals surface area contributed by atoms with Gasteiger partial charge in [-0.3, -0.25) is 4.79 Å². The van der Waals surface area contributed by atoms with Crippen LogP contribution in [0.15, 0.2) is 39.7 Å². The van der Waals surface area contributed by atoms with E-state index in [1.807, 2.05) is 0 Å². The van der Waals surface area contributed by atoms with Crippen LogP contribution in [0.1, 0.15) is 5.56 Å². The van der Waals surface area contributed by atoms with E-state index >= 15 is 0 Å². The number of benzene rings is 2. The molecule has 0 bridgehead atoms. The number of hydrogen-bond acceptors (Lipinski definition) is 6. The van der Waals surface area contributed by atoms with Gasteiger partial charge in [0.1, 0.15) is 28.7 Å². The van der Waals surface area contributed by atoms with Crippen LogP contribution in [0.2, 0.25) is 0 Å². The summed E-state index contributed by atoms with van der Waals surface area (Å²) >= 11 is 0. The van der Waals surface area contributed by atoms with E-state index in [0.29, 0.717) is 39.5 Å². The molecule has 1 heterocycles. The van der Waals surface area contributed by atoms with Crippen LogP contribution in [0.3, 0.4) is 0 Å². The van der Waals surface area contributed by atoms with Crippen molar-refractivity contribution in [3.8, 4) is 34.1 Å². The molecule has 0 radical (unpaired) electrons. The summed E-state index contributed by atoms with van der Waals surface area (Å²) in [5.74, 6) is 1.31. The van der Waals surface area contributed by atoms with Crippen molar-refractivity contribution >= 4 is 11.0 Å². The third-order valence-electron chi connectivity index (χ3n) is 4.14. The summed E-state index contributed by atoms with van der Waals surface area (Å²) in [6.07, 6.45) is 1.37. The summed E-state index contributed by atoms with van der Waals surface area (Å²) in [7, 11) is 4.55. The van der Waals surface area contributed by atoms with Crippen LogP contribution in [0.4, 0.5) is 0 Å². The molecule has 0 saturated carbocycles. The summed E-state index contributed by atoms with van der Waals surface area (Å²) in [6, 6.07) is 6.53. The summed E-state index contributed by atoms with van der Waals surface area (Å²) in [6.45, 7) is 1.76. The molecular weight excluding hydrogens is 324 g/mol. The molecule has 0 spiro atoms. The first-order chi connectivity index (χ1) is 12.0. The van der Waals surface area contributed by atoms with E-state index in [4.69, 9.17) is 18.6 Å². The van der Waals surface area contributed by atoms with Crippen molar-refractivity contribution in [1.29, 1.82) is 0 Å². The second kappa shape index (κ2) is 6.39. The first-order valence-corrected chi connectivity index (χ1v) is 7.56. The Balaban J connectivity index is 2.28. The predicted molar refractivity (Wildman–Crippen MR) is 94.0 cm³/mol. The molecule has 0 atom stereocenters. The van der Waals surface area contributed by atoms with Crippen molar-refractivity contribution < 1.29 is 23.7 Å². The highest BCUT2D eigenvalue weighted by Crippen LogP contribution is 2.36. The molecule has 25 heavy (non-hydrogen) atoms. The van der Waals surface area contributed by atoms with Crippen LogP contribution in [0.25, 0.3) is 22.1 Å². The fourth-order valence-electron chi connectivity index (χ4n) is 2.81. The van der Waals surface area contributed by atoms with E-state index < -0.39 is 0 Å². The lowest BCUT2D eigenvalue weighted by atomic mass is 10.0. The SMILES string of the molecule is COc1ccc(-c2coc3c(C)c(OC)cc(O)c3c2=O)cc1OC. The topological polar surface area (TPSA) is 78.1 Å². The Kier molecular flexibility index (Phi) is 4.27. The maximum Gasteiger partial charge on any atom is 0.204 e. The molecule has 0 amide bonds. The average Bonchev–Trinajstić information content (AvgIpc) is 2.63. The fourth-order valence-corrected chi connectivity index (χ4v) is 2.81. The van der Waals surface area contributed by atoms with Crippen molar-refractivity contribution in [3.05, 3.63) is 46.3 Å². The number of aromatic hydroxyl groups is 1. The smallest absolute Gasteiger partial charge is 0.204 e. The molecule has 0 aliphatic carbocycles. The minimum absolute atomic E-state index is 0.116. The maximum absolute atomic E-state index is 12.9. The molecule has 6 heteroatoms. The molecule has 1 aromatic heterocycles. The lowest BCUT2D eigenvalue weighted by Gasteiger charge is -2.11. The number of ether oxygens (including phenoxy) is 3. The van der Waals surface area contributed by atoms with Gasteiger partial charge in [-0.1, -0.05) is 6.07 Å². The molecule has 0 saturated heterocycles. The maximum atomic E-state index is 12.9. The lowest BCUT2D eigenvalue weighted by Crippen LogP contribution is -2.06. The zero-order chi connectivity index (χ0) is 18.1. The minimum Gasteiger partial charge on any atom is -0.507 e. The molecule has 3 rings (SSSR count). The van der Waals surface area contributed by atoms with Gasteiger partial charge in [0.15, 0.2) is 11.5 Å². The van der Waals surface area contributed by atoms with Crippen LogP contribution in [0.5, 0.6) is 23.0 Å². The predicted octanol–water partition coefficient (Wildman–Crippen LogP) is 3.50. The van der Waals surface area contributed by atoms with E-state index in [9.17, 15) is 9.90 Å². The Morgan fingerprint density at radius 1 is 0.960 bits per heavy atom. The van der Waals surface area contributed by atoms with Crippen LogP contribution < -0.4 is 19.6 Å². The zero-order valence-electron chi connectivity index (χ0n) is 14.4. The van der Waals surface area contributed by atoms with Gasteiger partial charge in [-0.15, -0.1) is 0 Å². The molecule has 0 aliphatic rings. The van der Waals surface area contributed by atoms with Gasteiger partial charge in [0.25, 0.3) is 0 Å². The number of aryl methyl sites for hydroxylation is 1. The highest BCUT2D eigenvalue weighted by atomic mass is 16.5. The molecule has 0 fully saturated rings. The van der Waals surface area contributed by atoms with Crippen LogP contribution >= 0.6 is 0 Å². The second-order valence-electron chi connectivity index (χ2n) is 5.48. The van der Waals surface area contributed by atoms with Crippen LogP contribution in [0, 0.1) is 6.92 Å². The number of methoxy groups -OCH3 is 3. The Morgan fingerprint density at radius 2 is 1.64 bits per heavy atom. The molecular formula is C19H18O6. The van der Waals surface area contributed by atoms with Gasteiger partial charge in [0.2, 0.25) is 5.43 Å². The monoisotopic (exact) mass is 342 g/mol. The third-order valence-corrected chi connectivity index (χ3v) is 4.14. The quantitative estimate of drug-likeness (QED) is 0.782. The largest absolute Gasteiger partial charge is 0.507 e. The number of phenols is 1. The van der Waals surface area contributed by atoms with E-state index in [1.54, 1.807) is 25.1 Å². The Labute approximate surface area is 144 Å². The Morgan fingerprint density at radius 3 is 2.28 bits per heavy atom. The fraction of sp³-hybridized carbons (Fsp3) is 0.211. The number of fused-ring (bicyclic) bond motifs is 1. The lowest BCUT2D eigenvalue weighted by molar-refractivity contribution is 0.355. The molecule has 1 N–H and O–H groups in total. The third kappa shape index (κ3) is 2.65. The second-order valence-corrected chi connectivity index (χ2v) is 5.48. The van der Waals surface area contributed by atoms with Crippen molar-refractivity contribution in [2.24, 2.45) is 0 Å². The van der Waals surface area contributed by atoms with Crippen LogP contribution in [-0.4, -0.2) is 26.4 Å². The highest BCUT2D eigenvalue weighted by molar-refractivity contribution is 5.90. The van der Waals surface area contributed by atoms with Crippen LogP contribution in [-0.2, 0) is 0 Å². The summed E-state index contributed by atoms with van der Waals surface area (Å²) in [4.78, 5) is 12.9. The van der Waals surface area contributed by atoms with Gasteiger partial charge < -0.3 is 23.7 Å². The van der Waals surface area contributed by atoms with E-state index in [2.05, 4.69) is 0 Å². The molecule has 6 nitrogen and oxygen atoms in total. The van der Waals surface area contributed by atoms with E-state index in [-0.39, 0.29) is 16.6 Å².